The van der Waals surface area contributed by atoms with Gasteiger partial charge in [-0.25, -0.2) is 4.79 Å². The molecule has 1 rings (SSSR count). The molecule has 0 aliphatic heterocycles. The van der Waals surface area contributed by atoms with Crippen molar-refractivity contribution in [1.82, 2.24) is 5.32 Å². The molecule has 0 aliphatic rings. The van der Waals surface area contributed by atoms with Crippen LogP contribution in [0.3, 0.4) is 0 Å². The van der Waals surface area contributed by atoms with Gasteiger partial charge in [-0.15, -0.1) is 0 Å². The normalized spacial score (nSPS) is 10.2. The van der Waals surface area contributed by atoms with E-state index in [2.05, 4.69) is 10.6 Å². The first kappa shape index (κ1) is 17.6. The number of amides is 2. The second-order valence-corrected chi connectivity index (χ2v) is 4.91. The number of urea groups is 1. The van der Waals surface area contributed by atoms with E-state index < -0.39 is 12.0 Å². The molecule has 2 amide bonds. The Morgan fingerprint density at radius 1 is 1.27 bits per heavy atom. The van der Waals surface area contributed by atoms with E-state index in [1.54, 1.807) is 25.3 Å². The van der Waals surface area contributed by atoms with Crippen LogP contribution < -0.4 is 20.1 Å². The van der Waals surface area contributed by atoms with Gasteiger partial charge >= 0.3 is 12.0 Å². The van der Waals surface area contributed by atoms with E-state index in [0.717, 1.165) is 0 Å². The van der Waals surface area contributed by atoms with E-state index in [1.165, 1.54) is 0 Å². The number of hydrogen-bond donors (Lipinski definition) is 3. The van der Waals surface area contributed by atoms with E-state index >= 15 is 0 Å². The van der Waals surface area contributed by atoms with E-state index in [1.807, 2.05) is 13.8 Å². The molecule has 7 heteroatoms. The van der Waals surface area contributed by atoms with Crippen molar-refractivity contribution in [3.8, 4) is 11.5 Å². The first-order chi connectivity index (χ1) is 10.4. The molecule has 0 bridgehead atoms. The molecule has 0 aromatic heterocycles. The molecule has 122 valence electrons. The third-order valence-electron chi connectivity index (χ3n) is 2.64. The Morgan fingerprint density at radius 2 is 2.00 bits per heavy atom. The van der Waals surface area contributed by atoms with Gasteiger partial charge in [0.2, 0.25) is 0 Å². The predicted molar refractivity (Wildman–Crippen MR) is 82.6 cm³/mol. The summed E-state index contributed by atoms with van der Waals surface area (Å²) in [6.07, 6.45) is 0.386. The number of carboxylic acid groups (broad SMARTS) is 1. The van der Waals surface area contributed by atoms with E-state index in [-0.39, 0.29) is 12.5 Å². The summed E-state index contributed by atoms with van der Waals surface area (Å²) >= 11 is 0. The number of hydrogen-bond acceptors (Lipinski definition) is 4. The molecule has 0 radical (unpaired) electrons. The Hall–Kier alpha value is -2.44. The Balaban J connectivity index is 2.57. The van der Waals surface area contributed by atoms with Crippen LogP contribution in [0.5, 0.6) is 11.5 Å². The Labute approximate surface area is 129 Å². The standard InChI is InChI=1S/C15H22N2O5/c1-10(2)22-13-9-11(6-7-12(13)21-3)17-15(20)16-8-4-5-14(18)19/h6-7,9-10H,4-5,8H2,1-3H3,(H,18,19)(H2,16,17,20). The van der Waals surface area contributed by atoms with Crippen LogP contribution in [0.25, 0.3) is 0 Å². The van der Waals surface area contributed by atoms with Gasteiger partial charge in [0.1, 0.15) is 0 Å². The van der Waals surface area contributed by atoms with Crippen molar-refractivity contribution in [2.45, 2.75) is 32.8 Å². The van der Waals surface area contributed by atoms with Gasteiger partial charge in [0.05, 0.1) is 13.2 Å². The molecule has 0 saturated carbocycles. The zero-order valence-corrected chi connectivity index (χ0v) is 13.0. The van der Waals surface area contributed by atoms with Crippen molar-refractivity contribution >= 4 is 17.7 Å². The highest BCUT2D eigenvalue weighted by Gasteiger charge is 2.09. The van der Waals surface area contributed by atoms with Gasteiger partial charge in [-0.2, -0.15) is 0 Å². The number of aliphatic carboxylic acids is 1. The first-order valence-corrected chi connectivity index (χ1v) is 7.03. The number of ether oxygens (including phenoxy) is 2. The maximum atomic E-state index is 11.7. The highest BCUT2D eigenvalue weighted by atomic mass is 16.5. The summed E-state index contributed by atoms with van der Waals surface area (Å²) in [5, 5.41) is 13.8. The average molecular weight is 310 g/mol. The van der Waals surface area contributed by atoms with Crippen molar-refractivity contribution in [1.29, 1.82) is 0 Å². The smallest absolute Gasteiger partial charge is 0.319 e. The quantitative estimate of drug-likeness (QED) is 0.641. The van der Waals surface area contributed by atoms with Gasteiger partial charge < -0.3 is 25.2 Å². The molecule has 3 N–H and O–H groups in total. The van der Waals surface area contributed by atoms with Gasteiger partial charge in [0, 0.05) is 24.7 Å². The second-order valence-electron chi connectivity index (χ2n) is 4.91. The zero-order chi connectivity index (χ0) is 16.5. The number of methoxy groups -OCH3 is 1. The number of nitrogens with one attached hydrogen (secondary N) is 2. The van der Waals surface area contributed by atoms with Gasteiger partial charge in [0.25, 0.3) is 0 Å². The fourth-order valence-corrected chi connectivity index (χ4v) is 1.72. The maximum absolute atomic E-state index is 11.7. The van der Waals surface area contributed by atoms with Crippen molar-refractivity contribution in [3.63, 3.8) is 0 Å². The molecule has 0 spiro atoms. The summed E-state index contributed by atoms with van der Waals surface area (Å²) in [6, 6.07) is 4.68. The first-order valence-electron chi connectivity index (χ1n) is 7.03. The minimum absolute atomic E-state index is 0.0194. The largest absolute Gasteiger partial charge is 0.493 e. The van der Waals surface area contributed by atoms with Crippen LogP contribution in [0.15, 0.2) is 18.2 Å². The van der Waals surface area contributed by atoms with Crippen LogP contribution in [0.4, 0.5) is 10.5 Å². The summed E-state index contributed by atoms with van der Waals surface area (Å²) in [6.45, 7) is 4.09. The maximum Gasteiger partial charge on any atom is 0.319 e. The van der Waals surface area contributed by atoms with Crippen LogP contribution in [-0.4, -0.2) is 36.9 Å². The van der Waals surface area contributed by atoms with Gasteiger partial charge in [-0.3, -0.25) is 4.79 Å². The van der Waals surface area contributed by atoms with Crippen molar-refractivity contribution < 1.29 is 24.2 Å². The Kier molecular flexibility index (Phi) is 7.01. The highest BCUT2D eigenvalue weighted by Crippen LogP contribution is 2.30. The summed E-state index contributed by atoms with van der Waals surface area (Å²) in [5.41, 5.74) is 0.562. The van der Waals surface area contributed by atoms with E-state index in [0.29, 0.717) is 30.2 Å². The van der Waals surface area contributed by atoms with E-state index in [9.17, 15) is 9.59 Å². The highest BCUT2D eigenvalue weighted by molar-refractivity contribution is 5.89. The molecule has 1 aromatic rings. The third kappa shape index (κ3) is 6.34. The lowest BCUT2D eigenvalue weighted by atomic mass is 10.2. The summed E-state index contributed by atoms with van der Waals surface area (Å²) in [4.78, 5) is 22.1. The number of carbonyl (C=O) groups is 2. The molecule has 0 heterocycles. The lowest BCUT2D eigenvalue weighted by Gasteiger charge is -2.15. The number of carboxylic acids is 1. The Morgan fingerprint density at radius 3 is 2.59 bits per heavy atom. The van der Waals surface area contributed by atoms with E-state index in [4.69, 9.17) is 14.6 Å². The topological polar surface area (TPSA) is 96.9 Å². The van der Waals surface area contributed by atoms with Crippen molar-refractivity contribution in [2.75, 3.05) is 19.0 Å². The average Bonchev–Trinajstić information content (AvgIpc) is 2.43. The molecule has 0 unspecified atom stereocenters. The number of carbonyl (C=O) groups excluding carboxylic acids is 1. The Bertz CT molecular complexity index is 517. The van der Waals surface area contributed by atoms with Crippen LogP contribution in [0.2, 0.25) is 0 Å². The number of benzene rings is 1. The van der Waals surface area contributed by atoms with Crippen LogP contribution >= 0.6 is 0 Å². The molecule has 0 fully saturated rings. The minimum Gasteiger partial charge on any atom is -0.493 e. The molecule has 0 saturated heterocycles. The summed E-state index contributed by atoms with van der Waals surface area (Å²) < 4.78 is 10.8. The van der Waals surface area contributed by atoms with Crippen molar-refractivity contribution in [2.24, 2.45) is 0 Å². The molecular weight excluding hydrogens is 288 g/mol. The van der Waals surface area contributed by atoms with Crippen LogP contribution in [0.1, 0.15) is 26.7 Å². The third-order valence-corrected chi connectivity index (χ3v) is 2.64. The predicted octanol–water partition coefficient (Wildman–Crippen LogP) is 2.47. The van der Waals surface area contributed by atoms with Gasteiger partial charge in [-0.05, 0) is 32.4 Å². The van der Waals surface area contributed by atoms with Crippen LogP contribution in [0, 0.1) is 0 Å². The van der Waals surface area contributed by atoms with Crippen molar-refractivity contribution in [3.05, 3.63) is 18.2 Å². The number of anilines is 1. The second kappa shape index (κ2) is 8.76. The van der Waals surface area contributed by atoms with Crippen LogP contribution in [-0.2, 0) is 4.79 Å². The number of rotatable bonds is 8. The molecule has 0 aliphatic carbocycles. The lowest BCUT2D eigenvalue weighted by Crippen LogP contribution is -2.29. The van der Waals surface area contributed by atoms with Gasteiger partial charge in [0.15, 0.2) is 11.5 Å². The van der Waals surface area contributed by atoms with Gasteiger partial charge in [-0.1, -0.05) is 0 Å². The zero-order valence-electron chi connectivity index (χ0n) is 13.0. The minimum atomic E-state index is -0.882. The monoisotopic (exact) mass is 310 g/mol. The fourth-order valence-electron chi connectivity index (χ4n) is 1.72. The summed E-state index contributed by atoms with van der Waals surface area (Å²) in [5.74, 6) is 0.245. The molecule has 0 atom stereocenters. The molecule has 22 heavy (non-hydrogen) atoms. The summed E-state index contributed by atoms with van der Waals surface area (Å²) in [7, 11) is 1.55. The molecule has 7 nitrogen and oxygen atoms in total. The fraction of sp³-hybridized carbons (Fsp3) is 0.467. The molecular formula is C15H22N2O5. The molecule has 1 aromatic carbocycles. The lowest BCUT2D eigenvalue weighted by molar-refractivity contribution is -0.137. The SMILES string of the molecule is COc1ccc(NC(=O)NCCCC(=O)O)cc1OC(C)C.